The van der Waals surface area contributed by atoms with E-state index in [0.717, 1.165) is 25.1 Å². The number of ether oxygens (including phenoxy) is 2. The summed E-state index contributed by atoms with van der Waals surface area (Å²) in [5.41, 5.74) is 2.00. The van der Waals surface area contributed by atoms with Crippen molar-refractivity contribution in [1.82, 2.24) is 10.6 Å². The van der Waals surface area contributed by atoms with Crippen LogP contribution in [0.4, 0.5) is 0 Å². The monoisotopic (exact) mass is 371 g/mol. The van der Waals surface area contributed by atoms with Crippen LogP contribution in [0.1, 0.15) is 24.2 Å². The Labute approximate surface area is 161 Å². The lowest BCUT2D eigenvalue weighted by Gasteiger charge is -2.15. The van der Waals surface area contributed by atoms with Gasteiger partial charge in [0.1, 0.15) is 0 Å². The first-order valence-corrected chi connectivity index (χ1v) is 9.14. The number of aliphatic hydroxyl groups excluding tert-OH is 1. The molecule has 0 aliphatic heterocycles. The molecule has 0 aliphatic rings. The molecule has 6 heteroatoms. The van der Waals surface area contributed by atoms with Crippen molar-refractivity contribution in [3.05, 3.63) is 59.7 Å². The molecule has 1 unspecified atom stereocenters. The number of nitrogens with zero attached hydrogens (tertiary/aromatic N) is 1. The molecule has 0 saturated carbocycles. The van der Waals surface area contributed by atoms with Gasteiger partial charge in [0, 0.05) is 13.1 Å². The molecule has 0 aliphatic carbocycles. The van der Waals surface area contributed by atoms with Gasteiger partial charge in [0.05, 0.1) is 26.9 Å². The van der Waals surface area contributed by atoms with Crippen molar-refractivity contribution in [2.24, 2.45) is 4.99 Å². The fourth-order valence-electron chi connectivity index (χ4n) is 2.65. The largest absolute Gasteiger partial charge is 0.493 e. The van der Waals surface area contributed by atoms with Crippen LogP contribution >= 0.6 is 0 Å². The highest BCUT2D eigenvalue weighted by Crippen LogP contribution is 2.29. The molecule has 0 spiro atoms. The average molecular weight is 371 g/mol. The summed E-state index contributed by atoms with van der Waals surface area (Å²) in [6.07, 6.45) is 0.179. The van der Waals surface area contributed by atoms with Crippen molar-refractivity contribution in [3.63, 3.8) is 0 Å². The summed E-state index contributed by atoms with van der Waals surface area (Å²) in [6, 6.07) is 15.7. The van der Waals surface area contributed by atoms with Gasteiger partial charge in [-0.2, -0.15) is 0 Å². The van der Waals surface area contributed by atoms with Crippen LogP contribution in [0.3, 0.4) is 0 Å². The van der Waals surface area contributed by atoms with Crippen LogP contribution in [0.2, 0.25) is 0 Å². The number of rotatable bonds is 9. The van der Waals surface area contributed by atoms with Gasteiger partial charge in [-0.1, -0.05) is 36.4 Å². The van der Waals surface area contributed by atoms with Gasteiger partial charge in [-0.05, 0) is 36.6 Å². The highest BCUT2D eigenvalue weighted by Gasteiger charge is 2.12. The first kappa shape index (κ1) is 20.6. The van der Waals surface area contributed by atoms with Crippen molar-refractivity contribution < 1.29 is 14.6 Å². The average Bonchev–Trinajstić information content (AvgIpc) is 2.72. The van der Waals surface area contributed by atoms with E-state index in [1.54, 1.807) is 26.4 Å². The van der Waals surface area contributed by atoms with Crippen LogP contribution in [-0.4, -0.2) is 44.9 Å². The summed E-state index contributed by atoms with van der Waals surface area (Å²) in [4.78, 5) is 4.49. The van der Waals surface area contributed by atoms with Gasteiger partial charge in [-0.3, -0.25) is 4.99 Å². The van der Waals surface area contributed by atoms with E-state index in [1.165, 1.54) is 5.56 Å². The predicted molar refractivity (Wildman–Crippen MR) is 109 cm³/mol. The Balaban J connectivity index is 1.94. The molecule has 1 atom stereocenters. The van der Waals surface area contributed by atoms with Gasteiger partial charge in [0.15, 0.2) is 17.5 Å². The van der Waals surface area contributed by atoms with Crippen LogP contribution in [0, 0.1) is 0 Å². The Hall–Kier alpha value is -2.73. The van der Waals surface area contributed by atoms with Crippen LogP contribution < -0.4 is 20.1 Å². The lowest BCUT2D eigenvalue weighted by molar-refractivity contribution is 0.186. The second-order valence-electron chi connectivity index (χ2n) is 6.01. The molecule has 2 aromatic carbocycles. The molecule has 6 nitrogen and oxygen atoms in total. The van der Waals surface area contributed by atoms with Crippen LogP contribution in [0.5, 0.6) is 11.5 Å². The fourth-order valence-corrected chi connectivity index (χ4v) is 2.65. The minimum atomic E-state index is -0.727. The first-order valence-electron chi connectivity index (χ1n) is 9.14. The summed E-state index contributed by atoms with van der Waals surface area (Å²) in [6.45, 7) is 3.78. The summed E-state index contributed by atoms with van der Waals surface area (Å²) >= 11 is 0. The number of hydrogen-bond donors (Lipinski definition) is 3. The fraction of sp³-hybridized carbons (Fsp3) is 0.381. The van der Waals surface area contributed by atoms with E-state index in [0.29, 0.717) is 17.5 Å². The molecule has 0 saturated heterocycles. The van der Waals surface area contributed by atoms with E-state index in [2.05, 4.69) is 27.8 Å². The Morgan fingerprint density at radius 1 is 1.04 bits per heavy atom. The van der Waals surface area contributed by atoms with Crippen LogP contribution in [0.15, 0.2) is 53.5 Å². The van der Waals surface area contributed by atoms with E-state index in [4.69, 9.17) is 9.47 Å². The van der Waals surface area contributed by atoms with Crippen molar-refractivity contribution in [3.8, 4) is 11.5 Å². The predicted octanol–water partition coefficient (Wildman–Crippen LogP) is 2.54. The Bertz CT molecular complexity index is 720. The van der Waals surface area contributed by atoms with E-state index < -0.39 is 6.10 Å². The Morgan fingerprint density at radius 2 is 1.78 bits per heavy atom. The highest BCUT2D eigenvalue weighted by atomic mass is 16.5. The smallest absolute Gasteiger partial charge is 0.191 e. The zero-order valence-electron chi connectivity index (χ0n) is 16.2. The molecule has 0 amide bonds. The van der Waals surface area contributed by atoms with Crippen LogP contribution in [-0.2, 0) is 6.42 Å². The summed E-state index contributed by atoms with van der Waals surface area (Å²) in [7, 11) is 3.16. The molecular weight excluding hydrogens is 342 g/mol. The maximum atomic E-state index is 10.5. The Morgan fingerprint density at radius 3 is 2.44 bits per heavy atom. The zero-order chi connectivity index (χ0) is 19.5. The first-order chi connectivity index (χ1) is 13.2. The third kappa shape index (κ3) is 6.49. The van der Waals surface area contributed by atoms with Gasteiger partial charge >= 0.3 is 0 Å². The van der Waals surface area contributed by atoms with Crippen LogP contribution in [0.25, 0.3) is 0 Å². The lowest BCUT2D eigenvalue weighted by Crippen LogP contribution is -2.38. The number of guanidine groups is 1. The van der Waals surface area contributed by atoms with E-state index in [-0.39, 0.29) is 6.54 Å². The van der Waals surface area contributed by atoms with Gasteiger partial charge < -0.3 is 25.2 Å². The van der Waals surface area contributed by atoms with Gasteiger partial charge in [0.2, 0.25) is 0 Å². The van der Waals surface area contributed by atoms with Crippen molar-refractivity contribution >= 4 is 5.96 Å². The minimum Gasteiger partial charge on any atom is -0.493 e. The topological polar surface area (TPSA) is 75.1 Å². The second kappa shape index (κ2) is 11.1. The van der Waals surface area contributed by atoms with E-state index >= 15 is 0 Å². The highest BCUT2D eigenvalue weighted by molar-refractivity contribution is 5.79. The molecule has 2 aromatic rings. The molecule has 0 bridgehead atoms. The quantitative estimate of drug-likeness (QED) is 0.467. The molecule has 2 rings (SSSR count). The number of aliphatic imine (C=N–C) groups is 1. The number of nitrogens with one attached hydrogen (secondary N) is 2. The van der Waals surface area contributed by atoms with Crippen molar-refractivity contribution in [2.75, 3.05) is 33.9 Å². The molecule has 27 heavy (non-hydrogen) atoms. The molecule has 0 heterocycles. The summed E-state index contributed by atoms with van der Waals surface area (Å²) in [5, 5.41) is 17.0. The SMILES string of the molecule is CCNC(=NCC(O)c1ccc(OC)c(OC)c1)NCCc1ccccc1. The van der Waals surface area contributed by atoms with Crippen molar-refractivity contribution in [1.29, 1.82) is 0 Å². The molecule has 3 N–H and O–H groups in total. The molecule has 0 radical (unpaired) electrons. The molecular formula is C21H29N3O3. The van der Waals surface area contributed by atoms with E-state index in [9.17, 15) is 5.11 Å². The number of aliphatic hydroxyl groups is 1. The normalized spacial score (nSPS) is 12.4. The molecule has 0 fully saturated rings. The number of benzene rings is 2. The second-order valence-corrected chi connectivity index (χ2v) is 6.01. The number of hydrogen-bond acceptors (Lipinski definition) is 4. The molecule has 146 valence electrons. The third-order valence-electron chi connectivity index (χ3n) is 4.11. The number of methoxy groups -OCH3 is 2. The summed E-state index contributed by atoms with van der Waals surface area (Å²) in [5.74, 6) is 1.91. The maximum Gasteiger partial charge on any atom is 0.191 e. The third-order valence-corrected chi connectivity index (χ3v) is 4.11. The van der Waals surface area contributed by atoms with Crippen molar-refractivity contribution in [2.45, 2.75) is 19.4 Å². The maximum absolute atomic E-state index is 10.5. The minimum absolute atomic E-state index is 0.246. The Kier molecular flexibility index (Phi) is 8.45. The zero-order valence-corrected chi connectivity index (χ0v) is 16.2. The van der Waals surface area contributed by atoms with Gasteiger partial charge in [-0.15, -0.1) is 0 Å². The summed E-state index contributed by atoms with van der Waals surface area (Å²) < 4.78 is 10.5. The van der Waals surface area contributed by atoms with Gasteiger partial charge in [0.25, 0.3) is 0 Å². The van der Waals surface area contributed by atoms with Gasteiger partial charge in [-0.25, -0.2) is 0 Å². The van der Waals surface area contributed by atoms with E-state index in [1.807, 2.05) is 31.2 Å². The lowest BCUT2D eigenvalue weighted by atomic mass is 10.1. The molecule has 0 aromatic heterocycles. The standard InChI is InChI=1S/C21H29N3O3/c1-4-22-21(23-13-12-16-8-6-5-7-9-16)24-15-18(25)17-10-11-19(26-2)20(14-17)27-3/h5-11,14,18,25H,4,12-13,15H2,1-3H3,(H2,22,23,24).